The van der Waals surface area contributed by atoms with Gasteiger partial charge in [-0.05, 0) is 6.92 Å². The third-order valence-corrected chi connectivity index (χ3v) is 2.39. The van der Waals surface area contributed by atoms with Crippen LogP contribution >= 0.6 is 0 Å². The molecule has 1 aliphatic rings. The van der Waals surface area contributed by atoms with Gasteiger partial charge in [-0.3, -0.25) is 4.48 Å². The molecule has 0 saturated carbocycles. The molecular weight excluding hydrogens is 156 g/mol. The van der Waals surface area contributed by atoms with Gasteiger partial charge >= 0.3 is 0 Å². The molecule has 0 radical (unpaired) electrons. The van der Waals surface area contributed by atoms with Crippen LogP contribution in [0.5, 0.6) is 0 Å². The fourth-order valence-corrected chi connectivity index (χ4v) is 1.43. The number of carboxylic acid groups (broad SMARTS) is 1. The van der Waals surface area contributed by atoms with Gasteiger partial charge in [-0.15, -0.1) is 0 Å². The zero-order valence-electron chi connectivity index (χ0n) is 7.32. The lowest BCUT2D eigenvalue weighted by atomic mass is 10.3. The van der Waals surface area contributed by atoms with Crippen molar-refractivity contribution in [1.29, 1.82) is 0 Å². The Kier molecular flexibility index (Phi) is 2.81. The Morgan fingerprint density at radius 3 is 2.92 bits per heavy atom. The Morgan fingerprint density at radius 1 is 1.75 bits per heavy atom. The molecule has 4 nitrogen and oxygen atoms in total. The summed E-state index contributed by atoms with van der Waals surface area (Å²) in [5.41, 5.74) is 0. The van der Waals surface area contributed by atoms with Gasteiger partial charge in [-0.2, -0.15) is 0 Å². The topological polar surface area (TPSA) is 52.5 Å². The van der Waals surface area contributed by atoms with Crippen molar-refractivity contribution < 1.29 is 14.4 Å². The monoisotopic (exact) mass is 170 g/mol. The predicted octanol–water partition coefficient (Wildman–Crippen LogP) is -0.995. The number of quaternary nitrogens is 1. The zero-order valence-corrected chi connectivity index (χ0v) is 7.32. The van der Waals surface area contributed by atoms with Crippen molar-refractivity contribution in [2.75, 3.05) is 26.2 Å². The van der Waals surface area contributed by atoms with E-state index in [1.54, 1.807) is 0 Å². The summed E-state index contributed by atoms with van der Waals surface area (Å²) >= 11 is 0. The minimum atomic E-state index is -0.971. The van der Waals surface area contributed by atoms with Crippen LogP contribution in [0.2, 0.25) is 0 Å². The van der Waals surface area contributed by atoms with Crippen molar-refractivity contribution in [3.63, 3.8) is 0 Å². The number of carboxylic acids is 1. The van der Waals surface area contributed by atoms with Gasteiger partial charge in [-0.1, -0.05) is 0 Å². The van der Waals surface area contributed by atoms with Crippen LogP contribution in [0.3, 0.4) is 0 Å². The predicted molar refractivity (Wildman–Crippen MR) is 43.5 cm³/mol. The van der Waals surface area contributed by atoms with Crippen LogP contribution in [0.25, 0.3) is 0 Å². The van der Waals surface area contributed by atoms with Gasteiger partial charge < -0.3 is 9.90 Å². The van der Waals surface area contributed by atoms with Gasteiger partial charge in [-0.25, -0.2) is 4.99 Å². The summed E-state index contributed by atoms with van der Waals surface area (Å²) in [4.78, 5) is 14.4. The van der Waals surface area contributed by atoms with Crippen LogP contribution in [-0.4, -0.2) is 43.0 Å². The van der Waals surface area contributed by atoms with Crippen molar-refractivity contribution in [1.82, 2.24) is 0 Å². The van der Waals surface area contributed by atoms with Gasteiger partial charge in [0.15, 0.2) is 6.34 Å². The van der Waals surface area contributed by atoms with Gasteiger partial charge in [0.05, 0.1) is 19.6 Å². The third-order valence-electron chi connectivity index (χ3n) is 2.39. The first kappa shape index (κ1) is 9.19. The van der Waals surface area contributed by atoms with Crippen LogP contribution in [0.4, 0.5) is 0 Å². The molecule has 1 heterocycles. The fourth-order valence-electron chi connectivity index (χ4n) is 1.43. The van der Waals surface area contributed by atoms with E-state index in [2.05, 4.69) is 4.99 Å². The first-order valence-electron chi connectivity index (χ1n) is 4.25. The van der Waals surface area contributed by atoms with Crippen LogP contribution in [0.1, 0.15) is 13.3 Å². The molecule has 0 aliphatic carbocycles. The number of carbonyl (C=O) groups is 1. The number of rotatable bonds is 4. The van der Waals surface area contributed by atoms with Crippen molar-refractivity contribution in [2.24, 2.45) is 4.99 Å². The van der Waals surface area contributed by atoms with Gasteiger partial charge in [0.25, 0.3) is 0 Å². The average molecular weight is 170 g/mol. The Bertz CT molecular complexity index is 203. The lowest BCUT2D eigenvalue weighted by Gasteiger charge is -2.28. The highest BCUT2D eigenvalue weighted by molar-refractivity contribution is 5.64. The van der Waals surface area contributed by atoms with Gasteiger partial charge in [0.2, 0.25) is 0 Å². The highest BCUT2D eigenvalue weighted by atomic mass is 16.4. The van der Waals surface area contributed by atoms with E-state index in [0.29, 0.717) is 11.0 Å². The molecule has 1 atom stereocenters. The second-order valence-corrected chi connectivity index (χ2v) is 3.13. The third kappa shape index (κ3) is 2.04. The molecule has 1 rings (SSSR count). The molecule has 0 N–H and O–H groups in total. The molecule has 12 heavy (non-hydrogen) atoms. The van der Waals surface area contributed by atoms with Crippen LogP contribution in [0, 0.1) is 0 Å². The molecule has 0 saturated heterocycles. The van der Waals surface area contributed by atoms with E-state index in [4.69, 9.17) is 0 Å². The molecule has 0 aromatic rings. The first-order valence-corrected chi connectivity index (χ1v) is 4.25. The number of hydrogen-bond donors (Lipinski definition) is 0. The van der Waals surface area contributed by atoms with Crippen molar-refractivity contribution >= 4 is 12.3 Å². The van der Waals surface area contributed by atoms with E-state index in [1.165, 1.54) is 0 Å². The van der Waals surface area contributed by atoms with Crippen LogP contribution < -0.4 is 5.11 Å². The maximum atomic E-state index is 10.2. The van der Waals surface area contributed by atoms with E-state index in [9.17, 15) is 9.90 Å². The molecule has 0 aromatic carbocycles. The fraction of sp³-hybridized carbons (Fsp3) is 0.750. The van der Waals surface area contributed by atoms with Crippen molar-refractivity contribution in [2.45, 2.75) is 13.3 Å². The van der Waals surface area contributed by atoms with E-state index in [1.807, 2.05) is 13.3 Å². The summed E-state index contributed by atoms with van der Waals surface area (Å²) in [6, 6.07) is 0. The van der Waals surface area contributed by atoms with Crippen LogP contribution in [-0.2, 0) is 4.79 Å². The maximum Gasteiger partial charge on any atom is 0.185 e. The normalized spacial score (nSPS) is 27.8. The van der Waals surface area contributed by atoms with Crippen molar-refractivity contribution in [3.8, 4) is 0 Å². The lowest BCUT2D eigenvalue weighted by molar-refractivity contribution is -0.826. The zero-order chi connectivity index (χ0) is 9.03. The lowest BCUT2D eigenvalue weighted by Crippen LogP contribution is -2.47. The Labute approximate surface area is 72.1 Å². The molecule has 0 amide bonds. The molecular formula is C8H14N2O2. The quantitative estimate of drug-likeness (QED) is 0.508. The smallest absolute Gasteiger partial charge is 0.185 e. The highest BCUT2D eigenvalue weighted by Gasteiger charge is 2.26. The Hall–Kier alpha value is -0.900. The molecule has 1 unspecified atom stereocenters. The number of carbonyl (C=O) groups excluding carboxylic acids is 1. The summed E-state index contributed by atoms with van der Waals surface area (Å²) in [6.45, 7) is 5.33. The minimum absolute atomic E-state index is 0.125. The Morgan fingerprint density at radius 2 is 2.50 bits per heavy atom. The van der Waals surface area contributed by atoms with Gasteiger partial charge in [0, 0.05) is 12.4 Å². The molecule has 0 fully saturated rings. The second-order valence-electron chi connectivity index (χ2n) is 3.13. The van der Waals surface area contributed by atoms with Crippen molar-refractivity contribution in [3.05, 3.63) is 0 Å². The van der Waals surface area contributed by atoms with E-state index < -0.39 is 5.97 Å². The number of likely N-dealkylation sites (N-methyl/N-ethyl adjacent to an activating group) is 1. The maximum absolute atomic E-state index is 10.2. The van der Waals surface area contributed by atoms with Crippen LogP contribution in [0.15, 0.2) is 4.99 Å². The average Bonchev–Trinajstić information content (AvgIpc) is 2.50. The van der Waals surface area contributed by atoms with E-state index in [0.717, 1.165) is 19.6 Å². The molecule has 1 aliphatic heterocycles. The summed E-state index contributed by atoms with van der Waals surface area (Å²) in [5.74, 6) is -0.971. The molecule has 68 valence electrons. The summed E-state index contributed by atoms with van der Waals surface area (Å²) in [7, 11) is 0. The molecule has 0 spiro atoms. The number of aliphatic imine (C=N–C) groups is 1. The number of hydrogen-bond acceptors (Lipinski definition) is 3. The molecule has 0 aromatic heterocycles. The second kappa shape index (κ2) is 3.67. The SMILES string of the molecule is CC[N+]1(CCC(=O)[O-])C=NCC1. The minimum Gasteiger partial charge on any atom is -0.550 e. The summed E-state index contributed by atoms with van der Waals surface area (Å²) < 4.78 is 0.702. The highest BCUT2D eigenvalue weighted by Crippen LogP contribution is 2.09. The van der Waals surface area contributed by atoms with E-state index in [-0.39, 0.29) is 6.42 Å². The Balaban J connectivity index is 2.45. The number of nitrogens with zero attached hydrogens (tertiary/aromatic N) is 2. The summed E-state index contributed by atoms with van der Waals surface area (Å²) in [6.07, 6.45) is 1.99. The largest absolute Gasteiger partial charge is 0.550 e. The summed E-state index contributed by atoms with van der Waals surface area (Å²) in [5, 5.41) is 10.2. The van der Waals surface area contributed by atoms with Gasteiger partial charge in [0.1, 0.15) is 6.54 Å². The number of aliphatic carboxylic acids is 1. The molecule has 4 heteroatoms. The first-order chi connectivity index (χ1) is 5.68. The molecule has 0 bridgehead atoms. The standard InChI is InChI=1S/C8H14N2O2/c1-2-10(5-3-8(11)12)6-4-9-7-10/h7H,2-6H2,1H3. The van der Waals surface area contributed by atoms with E-state index >= 15 is 0 Å².